The fourth-order valence-electron chi connectivity index (χ4n) is 2.81. The topological polar surface area (TPSA) is 134 Å². The summed E-state index contributed by atoms with van der Waals surface area (Å²) in [4.78, 5) is 53.9. The van der Waals surface area contributed by atoms with Crippen LogP contribution in [0.5, 0.6) is 0 Å². The molecule has 0 aliphatic carbocycles. The summed E-state index contributed by atoms with van der Waals surface area (Å²) < 4.78 is 1.20. The molecular weight excluding hydrogens is 376 g/mol. The van der Waals surface area contributed by atoms with E-state index < -0.39 is 23.2 Å². The number of aromatic nitrogens is 2. The predicted octanol–water partition coefficient (Wildman–Crippen LogP) is -0.804. The van der Waals surface area contributed by atoms with Gasteiger partial charge in [0.2, 0.25) is 11.8 Å². The van der Waals surface area contributed by atoms with Crippen LogP contribution in [0.15, 0.2) is 39.9 Å². The number of nitrogens with one attached hydrogen (secondary N) is 2. The summed E-state index contributed by atoms with van der Waals surface area (Å²) in [6, 6.07) is 8.59. The summed E-state index contributed by atoms with van der Waals surface area (Å²) in [5, 5.41) is 2.52. The first-order valence-corrected chi connectivity index (χ1v) is 9.02. The average Bonchev–Trinajstić information content (AvgIpc) is 2.70. The van der Waals surface area contributed by atoms with Crippen molar-refractivity contribution in [3.05, 3.63) is 56.7 Å². The van der Waals surface area contributed by atoms with Gasteiger partial charge in [0, 0.05) is 14.1 Å². The van der Waals surface area contributed by atoms with Crippen LogP contribution in [0.3, 0.4) is 0 Å². The van der Waals surface area contributed by atoms with Crippen LogP contribution in [-0.2, 0) is 16.1 Å². The summed E-state index contributed by atoms with van der Waals surface area (Å²) >= 11 is 0. The van der Waals surface area contributed by atoms with Crippen LogP contribution in [-0.4, -0.2) is 60.0 Å². The number of carbonyl (C=O) groups excluding carboxylic acids is 2. The zero-order valence-corrected chi connectivity index (χ0v) is 16.9. The number of rotatable bonds is 7. The van der Waals surface area contributed by atoms with Gasteiger partial charge in [0.25, 0.3) is 5.56 Å². The van der Waals surface area contributed by atoms with Crippen LogP contribution < -0.4 is 27.2 Å². The molecule has 0 spiro atoms. The zero-order chi connectivity index (χ0) is 21.7. The van der Waals surface area contributed by atoms with Gasteiger partial charge in [-0.1, -0.05) is 30.3 Å². The van der Waals surface area contributed by atoms with Crippen LogP contribution in [0.4, 0.5) is 11.5 Å². The molecule has 2 rings (SSSR count). The second-order valence-electron chi connectivity index (χ2n) is 6.72. The lowest BCUT2D eigenvalue weighted by Crippen LogP contribution is -2.48. The van der Waals surface area contributed by atoms with E-state index in [1.54, 1.807) is 18.9 Å². The number of anilines is 2. The molecule has 2 aromatic rings. The van der Waals surface area contributed by atoms with Crippen molar-refractivity contribution in [2.75, 3.05) is 38.3 Å². The number of amides is 2. The minimum Gasteiger partial charge on any atom is -0.383 e. The maximum Gasteiger partial charge on any atom is 0.330 e. The quantitative estimate of drug-likeness (QED) is 0.555. The van der Waals surface area contributed by atoms with Crippen molar-refractivity contribution in [2.24, 2.45) is 0 Å². The smallest absolute Gasteiger partial charge is 0.330 e. The molecule has 29 heavy (non-hydrogen) atoms. The van der Waals surface area contributed by atoms with Crippen LogP contribution in [0, 0.1) is 0 Å². The van der Waals surface area contributed by atoms with E-state index in [4.69, 9.17) is 5.73 Å². The highest BCUT2D eigenvalue weighted by atomic mass is 16.2. The first-order chi connectivity index (χ1) is 13.7. The number of H-pyrrole nitrogens is 1. The molecule has 4 N–H and O–H groups in total. The van der Waals surface area contributed by atoms with E-state index in [2.05, 4.69) is 10.3 Å². The van der Waals surface area contributed by atoms with Gasteiger partial charge in [-0.05, 0) is 19.5 Å². The largest absolute Gasteiger partial charge is 0.383 e. The third kappa shape index (κ3) is 4.91. The van der Waals surface area contributed by atoms with Crippen molar-refractivity contribution < 1.29 is 9.59 Å². The molecule has 0 saturated carbocycles. The van der Waals surface area contributed by atoms with Crippen LogP contribution in [0.1, 0.15) is 12.5 Å². The minimum absolute atomic E-state index is 0.111. The minimum atomic E-state index is -0.755. The molecule has 2 amide bonds. The van der Waals surface area contributed by atoms with E-state index in [0.717, 1.165) is 10.5 Å². The average molecular weight is 402 g/mol. The van der Waals surface area contributed by atoms with Crippen molar-refractivity contribution in [1.82, 2.24) is 19.8 Å². The number of hydrogen-bond acceptors (Lipinski definition) is 6. The summed E-state index contributed by atoms with van der Waals surface area (Å²) in [6.07, 6.45) is 0. The number of nitrogens with zero attached hydrogens (tertiary/aromatic N) is 3. The molecule has 1 aromatic carbocycles. The Labute approximate surface area is 167 Å². The maximum atomic E-state index is 12.7. The molecular formula is C19H26N6O4. The Morgan fingerprint density at radius 2 is 1.83 bits per heavy atom. The molecule has 1 atom stereocenters. The van der Waals surface area contributed by atoms with Crippen LogP contribution in [0.2, 0.25) is 0 Å². The number of nitrogens with two attached hydrogens (primary N) is 1. The van der Waals surface area contributed by atoms with Gasteiger partial charge in [0.05, 0.1) is 19.1 Å². The van der Waals surface area contributed by atoms with Gasteiger partial charge in [-0.2, -0.15) is 0 Å². The summed E-state index contributed by atoms with van der Waals surface area (Å²) in [6.45, 7) is 1.68. The van der Waals surface area contributed by atoms with Gasteiger partial charge in [0.1, 0.15) is 5.82 Å². The molecule has 1 aromatic heterocycles. The van der Waals surface area contributed by atoms with Crippen molar-refractivity contribution in [1.29, 1.82) is 0 Å². The van der Waals surface area contributed by atoms with E-state index in [9.17, 15) is 19.2 Å². The molecule has 0 bridgehead atoms. The normalized spacial score (nSPS) is 11.9. The molecule has 156 valence electrons. The number of likely N-dealkylation sites (N-methyl/N-ethyl adjacent to an activating group) is 3. The van der Waals surface area contributed by atoms with Crippen molar-refractivity contribution in [3.8, 4) is 0 Å². The summed E-state index contributed by atoms with van der Waals surface area (Å²) in [7, 11) is 4.53. The Morgan fingerprint density at radius 3 is 2.41 bits per heavy atom. The van der Waals surface area contributed by atoms with Gasteiger partial charge < -0.3 is 16.0 Å². The Hall–Kier alpha value is -3.40. The van der Waals surface area contributed by atoms with Crippen molar-refractivity contribution >= 4 is 23.3 Å². The van der Waals surface area contributed by atoms with Gasteiger partial charge in [-0.3, -0.25) is 28.8 Å². The fourth-order valence-corrected chi connectivity index (χ4v) is 2.81. The molecule has 10 heteroatoms. The molecule has 0 fully saturated rings. The highest BCUT2D eigenvalue weighted by molar-refractivity contribution is 5.96. The number of hydrogen-bond donors (Lipinski definition) is 3. The lowest BCUT2D eigenvalue weighted by atomic mass is 10.2. The summed E-state index contributed by atoms with van der Waals surface area (Å²) in [5.41, 5.74) is 5.38. The molecule has 10 nitrogen and oxygen atoms in total. The third-order valence-corrected chi connectivity index (χ3v) is 4.78. The van der Waals surface area contributed by atoms with Gasteiger partial charge >= 0.3 is 5.69 Å². The Bertz CT molecular complexity index is 998. The van der Waals surface area contributed by atoms with Gasteiger partial charge in [0.15, 0.2) is 5.69 Å². The molecule has 0 aliphatic rings. The Balaban J connectivity index is 2.32. The molecule has 0 aliphatic heterocycles. The van der Waals surface area contributed by atoms with E-state index >= 15 is 0 Å². The molecule has 0 radical (unpaired) electrons. The Kier molecular flexibility index (Phi) is 6.94. The Morgan fingerprint density at radius 1 is 1.21 bits per heavy atom. The maximum absolute atomic E-state index is 12.7. The third-order valence-electron chi connectivity index (χ3n) is 4.78. The summed E-state index contributed by atoms with van der Waals surface area (Å²) in [5.74, 6) is -0.803. The van der Waals surface area contributed by atoms with Crippen LogP contribution in [0.25, 0.3) is 0 Å². The SMILES string of the molecule is CNC(=O)[C@H](C)N(C)CC(=O)N(C)c1c(N)n(Cc2ccccc2)c(=O)[nH]c1=O. The second-order valence-corrected chi connectivity index (χ2v) is 6.72. The highest BCUT2D eigenvalue weighted by Gasteiger charge is 2.24. The lowest BCUT2D eigenvalue weighted by molar-refractivity contribution is -0.126. The van der Waals surface area contributed by atoms with Gasteiger partial charge in [-0.25, -0.2) is 4.79 Å². The number of carbonyl (C=O) groups is 2. The standard InChI is InChI=1S/C19H26N6O4/c1-12(17(27)21-2)23(3)11-14(26)24(4)15-16(20)25(19(29)22-18(15)28)10-13-8-6-5-7-9-13/h5-9,12H,10-11,20H2,1-4H3,(H,21,27)(H,22,28,29)/t12-/m0/s1. The first-order valence-electron chi connectivity index (χ1n) is 9.02. The van der Waals surface area contributed by atoms with E-state index in [1.165, 1.54) is 18.7 Å². The van der Waals surface area contributed by atoms with Crippen molar-refractivity contribution in [3.63, 3.8) is 0 Å². The monoisotopic (exact) mass is 402 g/mol. The first kappa shape index (κ1) is 21.9. The lowest BCUT2D eigenvalue weighted by Gasteiger charge is -2.26. The zero-order valence-electron chi connectivity index (χ0n) is 16.9. The van der Waals surface area contributed by atoms with E-state index in [1.807, 2.05) is 30.3 Å². The van der Waals surface area contributed by atoms with E-state index in [0.29, 0.717) is 0 Å². The highest BCUT2D eigenvalue weighted by Crippen LogP contribution is 2.16. The number of nitrogen functional groups attached to an aromatic ring is 1. The van der Waals surface area contributed by atoms with E-state index in [-0.39, 0.29) is 30.5 Å². The second kappa shape index (κ2) is 9.20. The van der Waals surface area contributed by atoms with Gasteiger partial charge in [-0.15, -0.1) is 0 Å². The van der Waals surface area contributed by atoms with Crippen LogP contribution >= 0.6 is 0 Å². The van der Waals surface area contributed by atoms with Crippen molar-refractivity contribution in [2.45, 2.75) is 19.5 Å². The molecule has 0 saturated heterocycles. The fraction of sp³-hybridized carbons (Fsp3) is 0.368. The molecule has 0 unspecified atom stereocenters. The molecule has 1 heterocycles. The number of aromatic amines is 1. The number of benzene rings is 1. The predicted molar refractivity (Wildman–Crippen MR) is 111 cm³/mol.